The molecule has 1 amide bonds. The van der Waals surface area contributed by atoms with E-state index < -0.39 is 12.2 Å². The second-order valence-corrected chi connectivity index (χ2v) is 2.85. The molecule has 2 atom stereocenters. The van der Waals surface area contributed by atoms with E-state index in [1.807, 2.05) is 6.92 Å². The van der Waals surface area contributed by atoms with E-state index in [9.17, 15) is 9.70 Å². The Labute approximate surface area is 79.0 Å². The summed E-state index contributed by atoms with van der Waals surface area (Å²) in [5, 5.41) is 13.9. The van der Waals surface area contributed by atoms with Gasteiger partial charge in [-0.15, -0.1) is 4.91 Å². The summed E-state index contributed by atoms with van der Waals surface area (Å²) in [6, 6.07) is -0.652. The first-order valence-electron chi connectivity index (χ1n) is 4.15. The highest BCUT2D eigenvalue weighted by Crippen LogP contribution is 2.21. The number of fused-ring (bicyclic) bond motifs is 1. The molecule has 2 unspecified atom stereocenters. The molecule has 0 aromatic carbocycles. The maximum absolute atomic E-state index is 11.3. The summed E-state index contributed by atoms with van der Waals surface area (Å²) in [5.41, 5.74) is 0. The van der Waals surface area contributed by atoms with Crippen molar-refractivity contribution in [2.45, 2.75) is 19.1 Å². The molecule has 2 rings (SSSR count). The highest BCUT2D eigenvalue weighted by molar-refractivity contribution is 6.02. The maximum atomic E-state index is 11.3. The van der Waals surface area contributed by atoms with E-state index in [2.05, 4.69) is 25.8 Å². The van der Waals surface area contributed by atoms with Gasteiger partial charge in [-0.3, -0.25) is 15.1 Å². The number of hydrogen-bond donors (Lipinski definition) is 1. The predicted molar refractivity (Wildman–Crippen MR) is 46.2 cm³/mol. The van der Waals surface area contributed by atoms with Crippen LogP contribution in [0.25, 0.3) is 0 Å². The lowest BCUT2D eigenvalue weighted by Crippen LogP contribution is -2.50. The van der Waals surface area contributed by atoms with Crippen molar-refractivity contribution in [3.8, 4) is 0 Å². The molecule has 0 saturated heterocycles. The third-order valence-electron chi connectivity index (χ3n) is 2.05. The first-order valence-corrected chi connectivity index (χ1v) is 4.15. The number of hydrogen-bond acceptors (Lipinski definition) is 7. The van der Waals surface area contributed by atoms with Crippen LogP contribution in [-0.2, 0) is 4.79 Å². The van der Waals surface area contributed by atoms with Crippen molar-refractivity contribution in [2.75, 3.05) is 6.54 Å². The van der Waals surface area contributed by atoms with E-state index in [1.165, 1.54) is 5.01 Å². The number of guanidine groups is 1. The molecule has 0 fully saturated rings. The second kappa shape index (κ2) is 3.13. The Hall–Kier alpha value is -1.86. The molecule has 14 heavy (non-hydrogen) atoms. The van der Waals surface area contributed by atoms with Crippen molar-refractivity contribution in [1.82, 2.24) is 10.3 Å². The number of amides is 1. The van der Waals surface area contributed by atoms with Gasteiger partial charge in [-0.05, 0) is 6.92 Å². The Morgan fingerprint density at radius 3 is 3.07 bits per heavy atom. The van der Waals surface area contributed by atoms with Gasteiger partial charge in [0, 0.05) is 11.7 Å². The van der Waals surface area contributed by atoms with E-state index in [-0.39, 0.29) is 11.9 Å². The molecule has 2 aliphatic rings. The van der Waals surface area contributed by atoms with Crippen molar-refractivity contribution in [2.24, 2.45) is 20.5 Å². The highest BCUT2D eigenvalue weighted by Gasteiger charge is 2.41. The summed E-state index contributed by atoms with van der Waals surface area (Å²) in [6.07, 6.45) is -0.513. The fourth-order valence-corrected chi connectivity index (χ4v) is 1.36. The van der Waals surface area contributed by atoms with Crippen LogP contribution in [0.1, 0.15) is 6.92 Å². The number of rotatable bonds is 1. The lowest BCUT2D eigenvalue weighted by molar-refractivity contribution is -0.122. The lowest BCUT2D eigenvalue weighted by atomic mass is 10.2. The molecule has 0 spiro atoms. The van der Waals surface area contributed by atoms with Gasteiger partial charge >= 0.3 is 0 Å². The minimum atomic E-state index is -0.652. The molecular weight excluding hydrogens is 188 g/mol. The zero-order valence-electron chi connectivity index (χ0n) is 7.41. The van der Waals surface area contributed by atoms with Gasteiger partial charge in [0.25, 0.3) is 11.9 Å². The van der Waals surface area contributed by atoms with E-state index in [0.717, 1.165) is 0 Å². The third kappa shape index (κ3) is 1.15. The number of aliphatic imine (C=N–C) groups is 1. The molecule has 0 aromatic rings. The minimum absolute atomic E-state index is 0.206. The molecule has 2 heterocycles. The van der Waals surface area contributed by atoms with Gasteiger partial charge in [0.15, 0.2) is 12.2 Å². The maximum Gasteiger partial charge on any atom is 0.269 e. The smallest absolute Gasteiger partial charge is 0.269 e. The van der Waals surface area contributed by atoms with E-state index in [1.54, 1.807) is 0 Å². The Morgan fingerprint density at radius 1 is 1.64 bits per heavy atom. The SMILES string of the molecule is CCN1N=NC2C(=O)NC(N=O)=NC21. The summed E-state index contributed by atoms with van der Waals surface area (Å²) >= 11 is 0. The van der Waals surface area contributed by atoms with Gasteiger partial charge in [0.1, 0.15) is 0 Å². The number of nitroso groups, excluding NO2 is 1. The molecule has 8 nitrogen and oxygen atoms in total. The van der Waals surface area contributed by atoms with Crippen LogP contribution < -0.4 is 5.32 Å². The van der Waals surface area contributed by atoms with E-state index in [4.69, 9.17) is 0 Å². The third-order valence-corrected chi connectivity index (χ3v) is 2.05. The molecular formula is C6H8N6O2. The lowest BCUT2D eigenvalue weighted by Gasteiger charge is -2.23. The summed E-state index contributed by atoms with van der Waals surface area (Å²) in [5.74, 6) is -0.596. The van der Waals surface area contributed by atoms with Crippen LogP contribution in [0.2, 0.25) is 0 Å². The predicted octanol–water partition coefficient (Wildman–Crippen LogP) is -0.364. The number of carbonyl (C=O) groups excluding carboxylic acids is 1. The zero-order chi connectivity index (χ0) is 10.1. The van der Waals surface area contributed by atoms with Crippen LogP contribution >= 0.6 is 0 Å². The first-order chi connectivity index (χ1) is 6.76. The van der Waals surface area contributed by atoms with Crippen LogP contribution in [0, 0.1) is 4.91 Å². The van der Waals surface area contributed by atoms with Crippen molar-refractivity contribution in [3.63, 3.8) is 0 Å². The number of nitrogens with zero attached hydrogens (tertiary/aromatic N) is 5. The van der Waals surface area contributed by atoms with Gasteiger partial charge < -0.3 is 0 Å². The Balaban J connectivity index is 2.29. The quantitative estimate of drug-likeness (QED) is 0.579. The van der Waals surface area contributed by atoms with Gasteiger partial charge in [-0.2, -0.15) is 5.11 Å². The van der Waals surface area contributed by atoms with Crippen molar-refractivity contribution in [1.29, 1.82) is 0 Å². The average molecular weight is 196 g/mol. The molecule has 0 aliphatic carbocycles. The fourth-order valence-electron chi connectivity index (χ4n) is 1.36. The molecule has 8 heteroatoms. The van der Waals surface area contributed by atoms with Crippen molar-refractivity contribution in [3.05, 3.63) is 4.91 Å². The van der Waals surface area contributed by atoms with E-state index in [0.29, 0.717) is 6.54 Å². The van der Waals surface area contributed by atoms with Crippen LogP contribution in [-0.4, -0.2) is 35.6 Å². The molecule has 0 bridgehead atoms. The average Bonchev–Trinajstić information content (AvgIpc) is 2.61. The number of likely N-dealkylation sites (N-methyl/N-ethyl adjacent to an activating group) is 1. The molecule has 0 saturated carbocycles. The Kier molecular flexibility index (Phi) is 1.95. The van der Waals surface area contributed by atoms with Gasteiger partial charge in [0.05, 0.1) is 0 Å². The van der Waals surface area contributed by atoms with Gasteiger partial charge in [-0.1, -0.05) is 5.22 Å². The first kappa shape index (κ1) is 8.73. The molecule has 2 aliphatic heterocycles. The molecule has 74 valence electrons. The topological polar surface area (TPSA) is 98.9 Å². The normalized spacial score (nSPS) is 29.6. The zero-order valence-corrected chi connectivity index (χ0v) is 7.41. The summed E-state index contributed by atoms with van der Waals surface area (Å²) in [7, 11) is 0. The van der Waals surface area contributed by atoms with E-state index >= 15 is 0 Å². The van der Waals surface area contributed by atoms with Crippen LogP contribution in [0.5, 0.6) is 0 Å². The largest absolute Gasteiger partial charge is 0.290 e. The summed E-state index contributed by atoms with van der Waals surface area (Å²) in [4.78, 5) is 25.5. The van der Waals surface area contributed by atoms with Crippen LogP contribution in [0.3, 0.4) is 0 Å². The summed E-state index contributed by atoms with van der Waals surface area (Å²) < 4.78 is 0. The van der Waals surface area contributed by atoms with Gasteiger partial charge in [0.2, 0.25) is 0 Å². The Morgan fingerprint density at radius 2 is 2.43 bits per heavy atom. The van der Waals surface area contributed by atoms with Crippen LogP contribution in [0.15, 0.2) is 20.5 Å². The van der Waals surface area contributed by atoms with Gasteiger partial charge in [-0.25, -0.2) is 4.99 Å². The molecule has 1 N–H and O–H groups in total. The monoisotopic (exact) mass is 196 g/mol. The van der Waals surface area contributed by atoms with Crippen molar-refractivity contribution >= 4 is 11.9 Å². The Bertz CT molecular complexity index is 337. The fraction of sp³-hybridized carbons (Fsp3) is 0.667. The van der Waals surface area contributed by atoms with Crippen molar-refractivity contribution < 1.29 is 4.79 Å². The minimum Gasteiger partial charge on any atom is -0.290 e. The molecule has 0 aromatic heterocycles. The van der Waals surface area contributed by atoms with Crippen LogP contribution in [0.4, 0.5) is 0 Å². The second-order valence-electron chi connectivity index (χ2n) is 2.85. The standard InChI is InChI=1S/C6H8N6O2/c1-2-12-4-3(9-11-12)5(13)8-6(7-4)10-14/h3-4H,2H2,1H3,(H,7,8,13). The molecule has 0 radical (unpaired) electrons. The highest BCUT2D eigenvalue weighted by atomic mass is 16.3. The number of carbonyl (C=O) groups is 1. The number of nitrogens with one attached hydrogen (secondary N) is 1. The summed E-state index contributed by atoms with van der Waals surface area (Å²) in [6.45, 7) is 2.44.